The normalized spacial score (nSPS) is 27.4. The lowest BCUT2D eigenvalue weighted by Gasteiger charge is -2.40. The third-order valence-electron chi connectivity index (χ3n) is 8.73. The lowest BCUT2D eigenvalue weighted by Crippen LogP contribution is -2.46. The van der Waals surface area contributed by atoms with Crippen molar-refractivity contribution in [3.8, 4) is 0 Å². The Morgan fingerprint density at radius 1 is 0.919 bits per heavy atom. The number of piperidine rings is 1. The molecule has 0 bridgehead atoms. The fraction of sp³-hybridized carbons (Fsp3) is 0.759. The minimum atomic E-state index is -1.15. The van der Waals surface area contributed by atoms with Gasteiger partial charge in [0.25, 0.3) is 0 Å². The Kier molecular flexibility index (Phi) is 10.3. The third kappa shape index (κ3) is 7.74. The first-order valence-electron chi connectivity index (χ1n) is 14.4. The highest BCUT2D eigenvalue weighted by Crippen LogP contribution is 2.39. The van der Waals surface area contributed by atoms with Crippen LogP contribution in [0.3, 0.4) is 0 Å². The highest BCUT2D eigenvalue weighted by molar-refractivity contribution is 5.79. The van der Waals surface area contributed by atoms with Crippen LogP contribution in [0.15, 0.2) is 24.4 Å². The standard InChI is InChI=1S/C29H45N3O5/c33-25-12-18-32(27(35)23-9-3-1-2-4-10-23)17-8-6-13-29(28(36)37-22-26(25)34)14-19-31(20-15-29)21-24-11-5-7-16-30-24/h5,7,11,16,23,25-26,33-34H,1-4,6,8-10,12-15,17-22H2/t25-,26+/m0/s1. The smallest absolute Gasteiger partial charge is 0.312 e. The van der Waals surface area contributed by atoms with Gasteiger partial charge in [0.2, 0.25) is 5.91 Å². The summed E-state index contributed by atoms with van der Waals surface area (Å²) in [6.45, 7) is 3.17. The fourth-order valence-electron chi connectivity index (χ4n) is 6.20. The number of aliphatic hydroxyl groups is 2. The van der Waals surface area contributed by atoms with Gasteiger partial charge in [-0.2, -0.15) is 0 Å². The number of cyclic esters (lactones) is 1. The Labute approximate surface area is 221 Å². The van der Waals surface area contributed by atoms with Gasteiger partial charge in [0, 0.05) is 31.7 Å². The molecule has 0 radical (unpaired) electrons. The molecule has 2 atom stereocenters. The molecule has 4 rings (SSSR count). The maximum Gasteiger partial charge on any atom is 0.312 e. The molecule has 0 aromatic carbocycles. The van der Waals surface area contributed by atoms with Crippen molar-refractivity contribution in [2.45, 2.75) is 95.8 Å². The van der Waals surface area contributed by atoms with E-state index in [9.17, 15) is 19.8 Å². The molecule has 1 amide bonds. The van der Waals surface area contributed by atoms with E-state index < -0.39 is 17.6 Å². The van der Waals surface area contributed by atoms with E-state index in [0.29, 0.717) is 32.4 Å². The van der Waals surface area contributed by atoms with Gasteiger partial charge in [0.05, 0.1) is 17.2 Å². The van der Waals surface area contributed by atoms with Crippen molar-refractivity contribution >= 4 is 11.9 Å². The SMILES string of the molecule is O=C(C1CCCCCC1)N1CCCCC2(CCN(Cc3ccccn3)CC2)C(=O)OC[C@@H](O)[C@@H](O)CC1. The van der Waals surface area contributed by atoms with Crippen molar-refractivity contribution in [2.24, 2.45) is 11.3 Å². The van der Waals surface area contributed by atoms with Crippen LogP contribution in [-0.4, -0.2) is 81.9 Å². The average Bonchev–Trinajstić information content (AvgIpc) is 3.21. The van der Waals surface area contributed by atoms with Gasteiger partial charge in [-0.3, -0.25) is 19.5 Å². The number of rotatable bonds is 3. The maximum absolute atomic E-state index is 13.4. The van der Waals surface area contributed by atoms with Gasteiger partial charge >= 0.3 is 5.97 Å². The number of hydrogen-bond donors (Lipinski definition) is 2. The minimum absolute atomic E-state index is 0.0694. The maximum atomic E-state index is 13.4. The zero-order valence-electron chi connectivity index (χ0n) is 22.2. The average molecular weight is 516 g/mol. The second-order valence-electron chi connectivity index (χ2n) is 11.4. The molecule has 3 fully saturated rings. The van der Waals surface area contributed by atoms with E-state index in [1.165, 1.54) is 12.8 Å². The first-order chi connectivity index (χ1) is 18.0. The Morgan fingerprint density at radius 3 is 2.38 bits per heavy atom. The molecule has 0 unspecified atom stereocenters. The number of pyridine rings is 1. The summed E-state index contributed by atoms with van der Waals surface area (Å²) in [4.78, 5) is 35.4. The van der Waals surface area contributed by atoms with Crippen LogP contribution in [0.25, 0.3) is 0 Å². The van der Waals surface area contributed by atoms with Gasteiger partial charge in [-0.25, -0.2) is 0 Å². The summed E-state index contributed by atoms with van der Waals surface area (Å²) in [5.41, 5.74) is 0.432. The van der Waals surface area contributed by atoms with Gasteiger partial charge in [0.1, 0.15) is 12.7 Å². The molecular weight excluding hydrogens is 470 g/mol. The van der Waals surface area contributed by atoms with E-state index in [1.807, 2.05) is 23.1 Å². The molecule has 2 N–H and O–H groups in total. The Bertz CT molecular complexity index is 850. The monoisotopic (exact) mass is 515 g/mol. The highest BCUT2D eigenvalue weighted by atomic mass is 16.5. The summed E-state index contributed by atoms with van der Waals surface area (Å²) in [6.07, 6.45) is 10.2. The molecule has 206 valence electrons. The van der Waals surface area contributed by atoms with Crippen LogP contribution in [0.5, 0.6) is 0 Å². The zero-order chi connectivity index (χ0) is 26.1. The van der Waals surface area contributed by atoms with Gasteiger partial charge in [0.15, 0.2) is 0 Å². The van der Waals surface area contributed by atoms with E-state index in [4.69, 9.17) is 4.74 Å². The Morgan fingerprint density at radius 2 is 1.68 bits per heavy atom. The molecule has 8 heteroatoms. The molecule has 8 nitrogen and oxygen atoms in total. The van der Waals surface area contributed by atoms with Crippen molar-refractivity contribution in [1.29, 1.82) is 0 Å². The number of esters is 1. The molecule has 1 aromatic rings. The third-order valence-corrected chi connectivity index (χ3v) is 8.73. The first kappa shape index (κ1) is 28.0. The predicted octanol–water partition coefficient (Wildman–Crippen LogP) is 3.30. The van der Waals surface area contributed by atoms with Crippen molar-refractivity contribution < 1.29 is 24.5 Å². The molecule has 2 saturated heterocycles. The molecule has 1 saturated carbocycles. The van der Waals surface area contributed by atoms with Crippen LogP contribution in [0, 0.1) is 11.3 Å². The molecule has 1 spiro atoms. The van der Waals surface area contributed by atoms with Crippen LogP contribution in [-0.2, 0) is 20.9 Å². The number of nitrogens with zero attached hydrogens (tertiary/aromatic N) is 3. The summed E-state index contributed by atoms with van der Waals surface area (Å²) in [5.74, 6) is 0.00476. The second-order valence-corrected chi connectivity index (χ2v) is 11.4. The van der Waals surface area contributed by atoms with E-state index in [0.717, 1.165) is 63.9 Å². The van der Waals surface area contributed by atoms with Crippen molar-refractivity contribution in [3.05, 3.63) is 30.1 Å². The number of amides is 1. The Hall–Kier alpha value is -2.03. The fourth-order valence-corrected chi connectivity index (χ4v) is 6.20. The van der Waals surface area contributed by atoms with Crippen molar-refractivity contribution in [2.75, 3.05) is 32.8 Å². The molecule has 1 aromatic heterocycles. The number of carbonyl (C=O) groups is 2. The summed E-state index contributed by atoms with van der Waals surface area (Å²) in [6, 6.07) is 5.92. The molecule has 1 aliphatic carbocycles. The number of carbonyl (C=O) groups excluding carboxylic acids is 2. The Balaban J connectivity index is 1.40. The molecule has 3 aliphatic rings. The number of aromatic nitrogens is 1. The highest BCUT2D eigenvalue weighted by Gasteiger charge is 2.43. The molecule has 37 heavy (non-hydrogen) atoms. The van der Waals surface area contributed by atoms with Gasteiger partial charge in [-0.05, 0) is 70.2 Å². The van der Waals surface area contributed by atoms with Gasteiger partial charge < -0.3 is 19.8 Å². The topological polar surface area (TPSA) is 103 Å². The van der Waals surface area contributed by atoms with E-state index in [2.05, 4.69) is 9.88 Å². The molecular formula is C29H45N3O5. The van der Waals surface area contributed by atoms with E-state index in [1.54, 1.807) is 6.20 Å². The number of ether oxygens (including phenoxy) is 1. The summed E-state index contributed by atoms with van der Waals surface area (Å²) in [5, 5.41) is 21.1. The van der Waals surface area contributed by atoms with Crippen LogP contribution in [0.2, 0.25) is 0 Å². The predicted molar refractivity (Wildman–Crippen MR) is 140 cm³/mol. The lowest BCUT2D eigenvalue weighted by molar-refractivity contribution is -0.165. The summed E-state index contributed by atoms with van der Waals surface area (Å²) < 4.78 is 5.61. The van der Waals surface area contributed by atoms with Crippen molar-refractivity contribution in [1.82, 2.24) is 14.8 Å². The van der Waals surface area contributed by atoms with Gasteiger partial charge in [-0.1, -0.05) is 38.2 Å². The van der Waals surface area contributed by atoms with E-state index in [-0.39, 0.29) is 30.8 Å². The van der Waals surface area contributed by atoms with Crippen LogP contribution in [0.4, 0.5) is 0 Å². The number of hydrogen-bond acceptors (Lipinski definition) is 7. The van der Waals surface area contributed by atoms with Crippen LogP contribution in [0.1, 0.15) is 82.7 Å². The quantitative estimate of drug-likeness (QED) is 0.470. The van der Waals surface area contributed by atoms with Gasteiger partial charge in [-0.15, -0.1) is 0 Å². The lowest BCUT2D eigenvalue weighted by atomic mass is 9.74. The molecule has 3 heterocycles. The number of aliphatic hydroxyl groups excluding tert-OH is 2. The first-order valence-corrected chi connectivity index (χ1v) is 14.4. The van der Waals surface area contributed by atoms with Crippen LogP contribution >= 0.6 is 0 Å². The largest absolute Gasteiger partial charge is 0.462 e. The zero-order valence-corrected chi connectivity index (χ0v) is 22.2. The molecule has 2 aliphatic heterocycles. The summed E-state index contributed by atoms with van der Waals surface area (Å²) >= 11 is 0. The summed E-state index contributed by atoms with van der Waals surface area (Å²) in [7, 11) is 0. The van der Waals surface area contributed by atoms with Crippen molar-refractivity contribution in [3.63, 3.8) is 0 Å². The number of likely N-dealkylation sites (tertiary alicyclic amines) is 1. The van der Waals surface area contributed by atoms with E-state index >= 15 is 0 Å². The van der Waals surface area contributed by atoms with Crippen LogP contribution < -0.4 is 0 Å². The minimum Gasteiger partial charge on any atom is -0.462 e. The second kappa shape index (κ2) is 13.7.